The molecule has 0 heteroatoms. The van der Waals surface area contributed by atoms with Crippen molar-refractivity contribution in [2.45, 2.75) is 66.7 Å². The van der Waals surface area contributed by atoms with Crippen LogP contribution in [0.2, 0.25) is 0 Å². The van der Waals surface area contributed by atoms with E-state index in [0.717, 1.165) is 17.8 Å². The van der Waals surface area contributed by atoms with E-state index in [9.17, 15) is 0 Å². The molecule has 0 aromatic carbocycles. The van der Waals surface area contributed by atoms with Gasteiger partial charge in [-0.1, -0.05) is 53.9 Å². The van der Waals surface area contributed by atoms with Crippen molar-refractivity contribution < 1.29 is 0 Å². The highest BCUT2D eigenvalue weighted by Crippen LogP contribution is 2.46. The van der Waals surface area contributed by atoms with Crippen LogP contribution >= 0.6 is 0 Å². The molecular weight excluding hydrogens is 168 g/mol. The Hall–Kier alpha value is 0. The van der Waals surface area contributed by atoms with Crippen molar-refractivity contribution in [3.05, 3.63) is 0 Å². The lowest BCUT2D eigenvalue weighted by molar-refractivity contribution is 0.0648. The summed E-state index contributed by atoms with van der Waals surface area (Å²) < 4.78 is 0. The molecule has 0 bridgehead atoms. The van der Waals surface area contributed by atoms with Gasteiger partial charge >= 0.3 is 0 Å². The van der Waals surface area contributed by atoms with Crippen molar-refractivity contribution in [2.24, 2.45) is 23.2 Å². The zero-order chi connectivity index (χ0) is 10.8. The number of hydrogen-bond acceptors (Lipinski definition) is 0. The molecule has 14 heavy (non-hydrogen) atoms. The fourth-order valence-corrected chi connectivity index (χ4v) is 3.09. The first-order valence-electron chi connectivity index (χ1n) is 6.50. The van der Waals surface area contributed by atoms with E-state index in [1.807, 2.05) is 0 Å². The molecule has 1 saturated carbocycles. The molecule has 0 amide bonds. The van der Waals surface area contributed by atoms with Gasteiger partial charge in [0.1, 0.15) is 0 Å². The van der Waals surface area contributed by atoms with E-state index >= 15 is 0 Å². The summed E-state index contributed by atoms with van der Waals surface area (Å²) in [7, 11) is 0. The predicted octanol–water partition coefficient (Wildman–Crippen LogP) is 4.89. The second-order valence-corrected chi connectivity index (χ2v) is 5.97. The molecule has 1 aliphatic carbocycles. The zero-order valence-corrected chi connectivity index (χ0v) is 10.8. The van der Waals surface area contributed by atoms with Crippen LogP contribution in [-0.4, -0.2) is 0 Å². The third kappa shape index (κ3) is 2.32. The molecular formula is C14H28. The van der Waals surface area contributed by atoms with Crippen LogP contribution in [0.1, 0.15) is 66.7 Å². The molecule has 1 unspecified atom stereocenters. The highest BCUT2D eigenvalue weighted by atomic mass is 14.4. The van der Waals surface area contributed by atoms with Crippen molar-refractivity contribution in [1.82, 2.24) is 0 Å². The van der Waals surface area contributed by atoms with Crippen molar-refractivity contribution >= 4 is 0 Å². The Morgan fingerprint density at radius 3 is 2.00 bits per heavy atom. The maximum absolute atomic E-state index is 2.51. The van der Waals surface area contributed by atoms with Crippen LogP contribution in [0.3, 0.4) is 0 Å². The Balaban J connectivity index is 2.61. The lowest BCUT2D eigenvalue weighted by atomic mass is 9.62. The van der Waals surface area contributed by atoms with Gasteiger partial charge in [0.05, 0.1) is 0 Å². The zero-order valence-electron chi connectivity index (χ0n) is 10.8. The Labute approximate surface area is 90.5 Å². The van der Waals surface area contributed by atoms with Gasteiger partial charge in [-0.05, 0) is 36.0 Å². The summed E-state index contributed by atoms with van der Waals surface area (Å²) in [5.41, 5.74) is 0.597. The van der Waals surface area contributed by atoms with E-state index in [0.29, 0.717) is 5.41 Å². The van der Waals surface area contributed by atoms with E-state index in [2.05, 4.69) is 34.6 Å². The highest BCUT2D eigenvalue weighted by Gasteiger charge is 2.36. The first-order chi connectivity index (χ1) is 6.50. The summed E-state index contributed by atoms with van der Waals surface area (Å²) in [5.74, 6) is 2.81. The summed E-state index contributed by atoms with van der Waals surface area (Å²) >= 11 is 0. The second-order valence-electron chi connectivity index (χ2n) is 5.97. The first-order valence-corrected chi connectivity index (χ1v) is 6.50. The standard InChI is InChI=1S/C14H28/c1-6-14(5,11(2)3)13-9-7-12(4)8-10-13/h11-13H,6-10H2,1-5H3. The third-order valence-corrected chi connectivity index (χ3v) is 5.03. The van der Waals surface area contributed by atoms with Gasteiger partial charge in [-0.15, -0.1) is 0 Å². The molecule has 0 aromatic rings. The summed E-state index contributed by atoms with van der Waals surface area (Å²) in [6.45, 7) is 12.1. The summed E-state index contributed by atoms with van der Waals surface area (Å²) in [6, 6.07) is 0. The van der Waals surface area contributed by atoms with Crippen LogP contribution in [0.4, 0.5) is 0 Å². The minimum Gasteiger partial charge on any atom is -0.0648 e. The molecule has 0 saturated heterocycles. The van der Waals surface area contributed by atoms with Gasteiger partial charge in [-0.3, -0.25) is 0 Å². The molecule has 0 aliphatic heterocycles. The number of hydrogen-bond donors (Lipinski definition) is 0. The fraction of sp³-hybridized carbons (Fsp3) is 1.00. The monoisotopic (exact) mass is 196 g/mol. The van der Waals surface area contributed by atoms with E-state index < -0.39 is 0 Å². The first kappa shape index (κ1) is 12.1. The lowest BCUT2D eigenvalue weighted by Gasteiger charge is -2.44. The lowest BCUT2D eigenvalue weighted by Crippen LogP contribution is -2.34. The molecule has 84 valence electrons. The largest absolute Gasteiger partial charge is 0.0648 e. The average Bonchev–Trinajstić information content (AvgIpc) is 2.17. The van der Waals surface area contributed by atoms with Crippen LogP contribution in [0.25, 0.3) is 0 Å². The molecule has 1 aliphatic rings. The van der Waals surface area contributed by atoms with Crippen molar-refractivity contribution in [3.63, 3.8) is 0 Å². The van der Waals surface area contributed by atoms with E-state index in [1.54, 1.807) is 0 Å². The molecule has 1 rings (SSSR count). The maximum Gasteiger partial charge on any atom is -0.0277 e. The van der Waals surface area contributed by atoms with E-state index in [1.165, 1.54) is 32.1 Å². The Bertz CT molecular complexity index is 163. The Morgan fingerprint density at radius 2 is 1.64 bits per heavy atom. The summed E-state index contributed by atoms with van der Waals surface area (Å²) in [4.78, 5) is 0. The molecule has 0 spiro atoms. The molecule has 0 aromatic heterocycles. The normalized spacial score (nSPS) is 33.0. The predicted molar refractivity (Wildman–Crippen MR) is 64.4 cm³/mol. The van der Waals surface area contributed by atoms with Gasteiger partial charge < -0.3 is 0 Å². The van der Waals surface area contributed by atoms with Crippen molar-refractivity contribution in [2.75, 3.05) is 0 Å². The summed E-state index contributed by atoms with van der Waals surface area (Å²) in [5, 5.41) is 0. The molecule has 0 N–H and O–H groups in total. The highest BCUT2D eigenvalue weighted by molar-refractivity contribution is 4.86. The van der Waals surface area contributed by atoms with Crippen LogP contribution in [0, 0.1) is 23.2 Å². The minimum atomic E-state index is 0.597. The van der Waals surface area contributed by atoms with E-state index in [4.69, 9.17) is 0 Å². The Morgan fingerprint density at radius 1 is 1.14 bits per heavy atom. The number of rotatable bonds is 3. The third-order valence-electron chi connectivity index (χ3n) is 5.03. The summed E-state index contributed by atoms with van der Waals surface area (Å²) in [6.07, 6.45) is 7.23. The van der Waals surface area contributed by atoms with Crippen molar-refractivity contribution in [3.8, 4) is 0 Å². The van der Waals surface area contributed by atoms with Gasteiger partial charge in [-0.25, -0.2) is 0 Å². The molecule has 1 fully saturated rings. The SMILES string of the molecule is CCC(C)(C(C)C)C1CCC(C)CC1. The quantitative estimate of drug-likeness (QED) is 0.603. The maximum atomic E-state index is 2.51. The van der Waals surface area contributed by atoms with Gasteiger partial charge in [0.25, 0.3) is 0 Å². The van der Waals surface area contributed by atoms with Gasteiger partial charge in [0.15, 0.2) is 0 Å². The van der Waals surface area contributed by atoms with Crippen LogP contribution < -0.4 is 0 Å². The van der Waals surface area contributed by atoms with Gasteiger partial charge in [-0.2, -0.15) is 0 Å². The fourth-order valence-electron chi connectivity index (χ4n) is 3.09. The van der Waals surface area contributed by atoms with Gasteiger partial charge in [0.2, 0.25) is 0 Å². The van der Waals surface area contributed by atoms with Gasteiger partial charge in [0, 0.05) is 0 Å². The van der Waals surface area contributed by atoms with Crippen molar-refractivity contribution in [1.29, 1.82) is 0 Å². The molecule has 0 heterocycles. The second kappa shape index (κ2) is 4.68. The van der Waals surface area contributed by atoms with Crippen LogP contribution in [0.15, 0.2) is 0 Å². The molecule has 0 nitrogen and oxygen atoms in total. The average molecular weight is 196 g/mol. The molecule has 1 atom stereocenters. The topological polar surface area (TPSA) is 0 Å². The Kier molecular flexibility index (Phi) is 4.04. The molecule has 0 radical (unpaired) electrons. The van der Waals surface area contributed by atoms with E-state index in [-0.39, 0.29) is 0 Å². The minimum absolute atomic E-state index is 0.597. The smallest absolute Gasteiger partial charge is 0.0277 e. The van der Waals surface area contributed by atoms with Crippen LogP contribution in [0.5, 0.6) is 0 Å². The van der Waals surface area contributed by atoms with Crippen LogP contribution in [-0.2, 0) is 0 Å².